The van der Waals surface area contributed by atoms with Crippen molar-refractivity contribution in [2.75, 3.05) is 6.61 Å². The summed E-state index contributed by atoms with van der Waals surface area (Å²) in [6.45, 7) is 2.46. The van der Waals surface area contributed by atoms with Crippen LogP contribution in [-0.4, -0.2) is 29.8 Å². The van der Waals surface area contributed by atoms with Crippen LogP contribution in [0.2, 0.25) is 0 Å². The second kappa shape index (κ2) is 13.3. The van der Waals surface area contributed by atoms with Crippen molar-refractivity contribution in [2.24, 2.45) is 5.11 Å². The van der Waals surface area contributed by atoms with Gasteiger partial charge in [-0.2, -0.15) is 0 Å². The Bertz CT molecular complexity index is 530. The Labute approximate surface area is 149 Å². The Morgan fingerprint density at radius 2 is 1.92 bits per heavy atom. The molecule has 0 bridgehead atoms. The number of hydrogen-bond acceptors (Lipinski definition) is 4. The molecule has 0 amide bonds. The van der Waals surface area contributed by atoms with Gasteiger partial charge in [0.05, 0.1) is 18.3 Å². The Hall–Kier alpha value is -2.04. The van der Waals surface area contributed by atoms with Crippen molar-refractivity contribution in [2.45, 2.75) is 70.4 Å². The molecule has 1 rings (SSSR count). The third-order valence-electron chi connectivity index (χ3n) is 4.11. The maximum atomic E-state index is 11.8. The molecule has 0 aliphatic heterocycles. The number of hydrogen-bond donors (Lipinski definition) is 1. The van der Waals surface area contributed by atoms with Crippen molar-refractivity contribution >= 4 is 5.97 Å². The molecule has 0 aliphatic carbocycles. The van der Waals surface area contributed by atoms with E-state index in [9.17, 15) is 9.90 Å². The number of ether oxygens (including phenoxy) is 1. The van der Waals surface area contributed by atoms with Crippen LogP contribution in [0.5, 0.6) is 0 Å². The van der Waals surface area contributed by atoms with Crippen molar-refractivity contribution in [3.8, 4) is 0 Å². The lowest BCUT2D eigenvalue weighted by atomic mass is 10.0. The molecule has 138 valence electrons. The molecule has 1 N–H and O–H groups in total. The van der Waals surface area contributed by atoms with Gasteiger partial charge >= 0.3 is 5.97 Å². The highest BCUT2D eigenvalue weighted by Crippen LogP contribution is 2.15. The van der Waals surface area contributed by atoms with Crippen LogP contribution in [0.3, 0.4) is 0 Å². The molecule has 0 unspecified atom stereocenters. The van der Waals surface area contributed by atoms with Crippen LogP contribution >= 0.6 is 0 Å². The minimum atomic E-state index is -0.400. The van der Waals surface area contributed by atoms with Gasteiger partial charge in [-0.05, 0) is 56.2 Å². The molecule has 1 aromatic carbocycles. The van der Waals surface area contributed by atoms with Crippen molar-refractivity contribution in [1.29, 1.82) is 0 Å². The third-order valence-corrected chi connectivity index (χ3v) is 4.11. The maximum Gasteiger partial charge on any atom is 0.338 e. The highest BCUT2D eigenvalue weighted by molar-refractivity contribution is 5.89. The summed E-state index contributed by atoms with van der Waals surface area (Å²) in [5.41, 5.74) is 9.14. The average Bonchev–Trinajstić information content (AvgIpc) is 2.64. The molecular weight excluding hydrogens is 318 g/mol. The quantitative estimate of drug-likeness (QED) is 0.178. The maximum absolute atomic E-state index is 11.8. The summed E-state index contributed by atoms with van der Waals surface area (Å²) in [5, 5.41) is 13.8. The summed E-state index contributed by atoms with van der Waals surface area (Å²) in [6, 6.07) is 8.89. The van der Waals surface area contributed by atoms with Crippen LogP contribution in [0.1, 0.15) is 68.6 Å². The summed E-state index contributed by atoms with van der Waals surface area (Å²) in [7, 11) is 0. The van der Waals surface area contributed by atoms with Crippen LogP contribution in [0.25, 0.3) is 10.4 Å². The molecule has 0 fully saturated rings. The van der Waals surface area contributed by atoms with Crippen molar-refractivity contribution in [3.05, 3.63) is 46.3 Å². The van der Waals surface area contributed by atoms with E-state index >= 15 is 0 Å². The molecule has 25 heavy (non-hydrogen) atoms. The van der Waals surface area contributed by atoms with Gasteiger partial charge in [0.2, 0.25) is 0 Å². The van der Waals surface area contributed by atoms with Crippen molar-refractivity contribution < 1.29 is 14.6 Å². The number of rotatable bonds is 13. The lowest BCUT2D eigenvalue weighted by molar-refractivity contribution is 0.0492. The van der Waals surface area contributed by atoms with Gasteiger partial charge in [-0.25, -0.2) is 4.79 Å². The summed E-state index contributed by atoms with van der Waals surface area (Å²) in [4.78, 5) is 14.6. The van der Waals surface area contributed by atoms with Gasteiger partial charge in [-0.15, -0.1) is 0 Å². The van der Waals surface area contributed by atoms with E-state index in [1.54, 1.807) is 24.3 Å². The van der Waals surface area contributed by atoms with Gasteiger partial charge in [0.15, 0.2) is 0 Å². The molecule has 0 spiro atoms. The summed E-state index contributed by atoms with van der Waals surface area (Å²) < 4.78 is 5.21. The van der Waals surface area contributed by atoms with E-state index in [1.807, 2.05) is 6.07 Å². The topological polar surface area (TPSA) is 95.3 Å². The van der Waals surface area contributed by atoms with Crippen molar-refractivity contribution in [3.63, 3.8) is 0 Å². The second-order valence-corrected chi connectivity index (χ2v) is 6.23. The first-order valence-electron chi connectivity index (χ1n) is 9.11. The SMILES string of the molecule is CCCC[C@@H](CC[C@H](O)CCCCOC(=O)c1ccccc1)N=[N+]=[N-]. The molecule has 0 saturated carbocycles. The van der Waals surface area contributed by atoms with E-state index < -0.39 is 6.10 Å². The third kappa shape index (κ3) is 9.75. The molecule has 0 aromatic heterocycles. The van der Waals surface area contributed by atoms with E-state index in [0.29, 0.717) is 31.4 Å². The number of carbonyl (C=O) groups excluding carboxylic acids is 1. The van der Waals surface area contributed by atoms with Crippen LogP contribution < -0.4 is 0 Å². The van der Waals surface area contributed by atoms with Crippen LogP contribution in [0.4, 0.5) is 0 Å². The van der Waals surface area contributed by atoms with E-state index in [2.05, 4.69) is 16.9 Å². The Kier molecular flexibility index (Phi) is 11.2. The number of aliphatic hydroxyl groups excluding tert-OH is 1. The number of nitrogens with zero attached hydrogens (tertiary/aromatic N) is 3. The first-order valence-corrected chi connectivity index (χ1v) is 9.11. The standard InChI is InChI=1S/C19H29N3O3/c1-2-3-11-17(21-22-20)13-14-18(23)12-7-8-15-25-19(24)16-9-5-4-6-10-16/h4-6,9-10,17-18,23H,2-3,7-8,11-15H2,1H3/t17-,18+/m0/s1. The molecule has 1 aromatic rings. The minimum absolute atomic E-state index is 0.0218. The zero-order chi connectivity index (χ0) is 18.3. The summed E-state index contributed by atoms with van der Waals surface area (Å²) >= 11 is 0. The predicted molar refractivity (Wildman–Crippen MR) is 98.3 cm³/mol. The molecule has 0 aliphatic rings. The van der Waals surface area contributed by atoms with Gasteiger partial charge < -0.3 is 9.84 Å². The molecule has 0 saturated heterocycles. The second-order valence-electron chi connectivity index (χ2n) is 6.23. The number of benzene rings is 1. The molecule has 0 heterocycles. The fourth-order valence-electron chi connectivity index (χ4n) is 2.61. The Morgan fingerprint density at radius 1 is 1.16 bits per heavy atom. The average molecular weight is 347 g/mol. The molecule has 0 radical (unpaired) electrons. The molecule has 6 heteroatoms. The first kappa shape index (κ1) is 21.0. The van der Waals surface area contributed by atoms with Crippen LogP contribution in [-0.2, 0) is 4.74 Å². The number of carbonyl (C=O) groups is 1. The van der Waals surface area contributed by atoms with E-state index in [-0.39, 0.29) is 12.0 Å². The monoisotopic (exact) mass is 347 g/mol. The largest absolute Gasteiger partial charge is 0.462 e. The van der Waals surface area contributed by atoms with Crippen molar-refractivity contribution in [1.82, 2.24) is 0 Å². The van der Waals surface area contributed by atoms with Gasteiger partial charge in [0, 0.05) is 11.0 Å². The first-order chi connectivity index (χ1) is 12.2. The van der Waals surface area contributed by atoms with Crippen LogP contribution in [0, 0.1) is 0 Å². The predicted octanol–water partition coefficient (Wildman–Crippen LogP) is 5.02. The highest BCUT2D eigenvalue weighted by atomic mass is 16.5. The lowest BCUT2D eigenvalue weighted by Crippen LogP contribution is -2.12. The summed E-state index contributed by atoms with van der Waals surface area (Å²) in [6.07, 6.45) is 6.13. The Morgan fingerprint density at radius 3 is 2.60 bits per heavy atom. The fraction of sp³-hybridized carbons (Fsp3) is 0.632. The van der Waals surface area contributed by atoms with Gasteiger partial charge in [0.1, 0.15) is 0 Å². The Balaban J connectivity index is 2.12. The molecule has 2 atom stereocenters. The van der Waals surface area contributed by atoms with E-state index in [1.165, 1.54) is 0 Å². The zero-order valence-corrected chi connectivity index (χ0v) is 15.0. The normalized spacial score (nSPS) is 12.9. The zero-order valence-electron chi connectivity index (χ0n) is 15.0. The number of esters is 1. The molecular formula is C19H29N3O3. The van der Waals surface area contributed by atoms with Crippen LogP contribution in [0.15, 0.2) is 35.4 Å². The van der Waals surface area contributed by atoms with Gasteiger partial charge in [-0.1, -0.05) is 43.1 Å². The summed E-state index contributed by atoms with van der Waals surface area (Å²) in [5.74, 6) is -0.311. The molecule has 6 nitrogen and oxygen atoms in total. The van der Waals surface area contributed by atoms with Gasteiger partial charge in [-0.3, -0.25) is 0 Å². The number of unbranched alkanes of at least 4 members (excludes halogenated alkanes) is 2. The minimum Gasteiger partial charge on any atom is -0.462 e. The number of azide groups is 1. The number of aliphatic hydroxyl groups is 1. The lowest BCUT2D eigenvalue weighted by Gasteiger charge is -2.14. The highest BCUT2D eigenvalue weighted by Gasteiger charge is 2.11. The van der Waals surface area contributed by atoms with E-state index in [4.69, 9.17) is 10.3 Å². The van der Waals surface area contributed by atoms with Gasteiger partial charge in [0.25, 0.3) is 0 Å². The smallest absolute Gasteiger partial charge is 0.338 e. The van der Waals surface area contributed by atoms with E-state index in [0.717, 1.165) is 32.1 Å². The fourth-order valence-corrected chi connectivity index (χ4v) is 2.61.